The van der Waals surface area contributed by atoms with Gasteiger partial charge in [0.1, 0.15) is 5.75 Å². The monoisotopic (exact) mass is 387 g/mol. The van der Waals surface area contributed by atoms with Gasteiger partial charge in [0.05, 0.1) is 7.11 Å². The normalized spacial score (nSPS) is 11.7. The molecule has 0 saturated heterocycles. The molecular weight excluding hydrogens is 358 g/mol. The van der Waals surface area contributed by atoms with Crippen molar-refractivity contribution >= 4 is 5.91 Å². The number of rotatable bonds is 9. The van der Waals surface area contributed by atoms with E-state index in [1.807, 2.05) is 41.3 Å². The van der Waals surface area contributed by atoms with Gasteiger partial charge >= 0.3 is 0 Å². The van der Waals surface area contributed by atoms with Gasteiger partial charge in [-0.15, -0.1) is 0 Å². The molecule has 0 saturated carbocycles. The number of carbonyl (C=O) groups is 1. The molecule has 3 heteroatoms. The van der Waals surface area contributed by atoms with Crippen LogP contribution in [0.2, 0.25) is 0 Å². The third-order valence-corrected chi connectivity index (χ3v) is 5.32. The fourth-order valence-electron chi connectivity index (χ4n) is 3.62. The predicted octanol–water partition coefficient (Wildman–Crippen LogP) is 5.46. The number of nitrogens with zero attached hydrogens (tertiary/aromatic N) is 1. The summed E-state index contributed by atoms with van der Waals surface area (Å²) in [6.45, 7) is 3.03. The molecule has 0 bridgehead atoms. The summed E-state index contributed by atoms with van der Waals surface area (Å²) in [6.07, 6.45) is 1.86. The van der Waals surface area contributed by atoms with Gasteiger partial charge in [-0.1, -0.05) is 72.8 Å². The largest absolute Gasteiger partial charge is 0.497 e. The van der Waals surface area contributed by atoms with Crippen LogP contribution in [-0.4, -0.2) is 24.5 Å². The lowest BCUT2D eigenvalue weighted by Gasteiger charge is -2.25. The molecule has 3 rings (SSSR count). The Balaban J connectivity index is 1.74. The minimum Gasteiger partial charge on any atom is -0.497 e. The van der Waals surface area contributed by atoms with Gasteiger partial charge < -0.3 is 9.64 Å². The highest BCUT2D eigenvalue weighted by atomic mass is 16.5. The average Bonchev–Trinajstić information content (AvgIpc) is 2.77. The average molecular weight is 388 g/mol. The maximum Gasteiger partial charge on any atom is 0.219 e. The molecule has 0 aliphatic heterocycles. The Kier molecular flexibility index (Phi) is 7.46. The molecule has 0 aliphatic carbocycles. The van der Waals surface area contributed by atoms with Crippen molar-refractivity contribution in [2.24, 2.45) is 0 Å². The molecule has 1 amide bonds. The van der Waals surface area contributed by atoms with E-state index in [0.717, 1.165) is 30.7 Å². The molecular formula is C26H29NO2. The first-order valence-corrected chi connectivity index (χ1v) is 10.1. The van der Waals surface area contributed by atoms with E-state index in [9.17, 15) is 4.79 Å². The molecule has 0 heterocycles. The molecule has 3 aromatic carbocycles. The van der Waals surface area contributed by atoms with Crippen molar-refractivity contribution in [3.63, 3.8) is 0 Å². The smallest absolute Gasteiger partial charge is 0.219 e. The molecule has 0 aliphatic rings. The molecule has 0 N–H and O–H groups in total. The number of carbonyl (C=O) groups excluding carboxylic acids is 1. The van der Waals surface area contributed by atoms with Crippen molar-refractivity contribution in [3.8, 4) is 5.75 Å². The second-order valence-electron chi connectivity index (χ2n) is 7.37. The first-order chi connectivity index (χ1) is 14.2. The Morgan fingerprint density at radius 3 is 2.00 bits per heavy atom. The summed E-state index contributed by atoms with van der Waals surface area (Å²) in [4.78, 5) is 14.2. The van der Waals surface area contributed by atoms with Gasteiger partial charge in [0, 0.05) is 20.0 Å². The van der Waals surface area contributed by atoms with Crippen LogP contribution in [-0.2, 0) is 17.8 Å². The van der Waals surface area contributed by atoms with E-state index in [4.69, 9.17) is 4.74 Å². The van der Waals surface area contributed by atoms with E-state index in [1.165, 1.54) is 11.1 Å². The summed E-state index contributed by atoms with van der Waals surface area (Å²) in [5.41, 5.74) is 3.75. The van der Waals surface area contributed by atoms with Crippen LogP contribution >= 0.6 is 0 Å². The molecule has 0 radical (unpaired) electrons. The van der Waals surface area contributed by atoms with Crippen LogP contribution in [0.4, 0.5) is 0 Å². The molecule has 3 aromatic rings. The maximum atomic E-state index is 12.2. The Morgan fingerprint density at radius 2 is 1.45 bits per heavy atom. The number of amides is 1. The standard InChI is InChI=1S/C26H29NO2/c1-21(28)27(20-23-11-7-4-8-12-23)18-17-25(19-22-9-5-3-6-10-22)24-13-15-26(29-2)16-14-24/h3-16,25H,17-20H2,1-2H3. The van der Waals surface area contributed by atoms with E-state index < -0.39 is 0 Å². The lowest BCUT2D eigenvalue weighted by atomic mass is 9.89. The van der Waals surface area contributed by atoms with Gasteiger partial charge in [0.15, 0.2) is 0 Å². The van der Waals surface area contributed by atoms with E-state index in [0.29, 0.717) is 12.5 Å². The van der Waals surface area contributed by atoms with Crippen LogP contribution in [0.5, 0.6) is 5.75 Å². The second-order valence-corrected chi connectivity index (χ2v) is 7.37. The molecule has 1 atom stereocenters. The number of hydrogen-bond acceptors (Lipinski definition) is 2. The first-order valence-electron chi connectivity index (χ1n) is 10.1. The highest BCUT2D eigenvalue weighted by Gasteiger charge is 2.17. The number of methoxy groups -OCH3 is 1. The summed E-state index contributed by atoms with van der Waals surface area (Å²) in [6, 6.07) is 29.0. The molecule has 3 nitrogen and oxygen atoms in total. The Hall–Kier alpha value is -3.07. The van der Waals surface area contributed by atoms with E-state index in [1.54, 1.807) is 14.0 Å². The highest BCUT2D eigenvalue weighted by Crippen LogP contribution is 2.27. The first kappa shape index (κ1) is 20.7. The minimum atomic E-state index is 0.113. The maximum absolute atomic E-state index is 12.2. The van der Waals surface area contributed by atoms with Crippen molar-refractivity contribution in [1.82, 2.24) is 4.90 Å². The third-order valence-electron chi connectivity index (χ3n) is 5.32. The topological polar surface area (TPSA) is 29.5 Å². The summed E-state index contributed by atoms with van der Waals surface area (Å²) >= 11 is 0. The van der Waals surface area contributed by atoms with Gasteiger partial charge in [-0.3, -0.25) is 4.79 Å². The zero-order valence-electron chi connectivity index (χ0n) is 17.3. The fourth-order valence-corrected chi connectivity index (χ4v) is 3.62. The molecule has 0 fully saturated rings. The third kappa shape index (κ3) is 6.21. The Morgan fingerprint density at radius 1 is 0.862 bits per heavy atom. The van der Waals surface area contributed by atoms with Crippen molar-refractivity contribution in [2.75, 3.05) is 13.7 Å². The lowest BCUT2D eigenvalue weighted by molar-refractivity contribution is -0.129. The van der Waals surface area contributed by atoms with Crippen LogP contribution < -0.4 is 4.74 Å². The summed E-state index contributed by atoms with van der Waals surface area (Å²) < 4.78 is 5.31. The van der Waals surface area contributed by atoms with Crippen LogP contribution in [0.25, 0.3) is 0 Å². The number of benzene rings is 3. The van der Waals surface area contributed by atoms with Crippen LogP contribution in [0.1, 0.15) is 36.0 Å². The van der Waals surface area contributed by atoms with Gasteiger partial charge in [-0.05, 0) is 47.6 Å². The van der Waals surface area contributed by atoms with Crippen LogP contribution in [0.15, 0.2) is 84.9 Å². The van der Waals surface area contributed by atoms with Crippen molar-refractivity contribution < 1.29 is 9.53 Å². The molecule has 29 heavy (non-hydrogen) atoms. The predicted molar refractivity (Wildman–Crippen MR) is 118 cm³/mol. The molecule has 150 valence electrons. The number of hydrogen-bond donors (Lipinski definition) is 0. The van der Waals surface area contributed by atoms with Crippen molar-refractivity contribution in [1.29, 1.82) is 0 Å². The van der Waals surface area contributed by atoms with Gasteiger partial charge in [-0.25, -0.2) is 0 Å². The van der Waals surface area contributed by atoms with E-state index in [-0.39, 0.29) is 5.91 Å². The highest BCUT2D eigenvalue weighted by molar-refractivity contribution is 5.73. The van der Waals surface area contributed by atoms with Gasteiger partial charge in [0.2, 0.25) is 5.91 Å². The molecule has 1 unspecified atom stereocenters. The fraction of sp³-hybridized carbons (Fsp3) is 0.269. The molecule has 0 spiro atoms. The van der Waals surface area contributed by atoms with Gasteiger partial charge in [-0.2, -0.15) is 0 Å². The van der Waals surface area contributed by atoms with Crippen molar-refractivity contribution in [3.05, 3.63) is 102 Å². The van der Waals surface area contributed by atoms with Crippen LogP contribution in [0, 0.1) is 0 Å². The summed E-state index contributed by atoms with van der Waals surface area (Å²) in [7, 11) is 1.69. The zero-order valence-corrected chi connectivity index (χ0v) is 17.3. The van der Waals surface area contributed by atoms with E-state index in [2.05, 4.69) is 48.5 Å². The zero-order chi connectivity index (χ0) is 20.5. The Bertz CT molecular complexity index is 876. The SMILES string of the molecule is COc1ccc(C(CCN(Cc2ccccc2)C(C)=O)Cc2ccccc2)cc1. The lowest BCUT2D eigenvalue weighted by Crippen LogP contribution is -2.30. The Labute approximate surface area is 174 Å². The van der Waals surface area contributed by atoms with Crippen LogP contribution in [0.3, 0.4) is 0 Å². The van der Waals surface area contributed by atoms with Gasteiger partial charge in [0.25, 0.3) is 0 Å². The summed E-state index contributed by atoms with van der Waals surface area (Å²) in [5, 5.41) is 0. The molecule has 0 aromatic heterocycles. The minimum absolute atomic E-state index is 0.113. The second kappa shape index (κ2) is 10.5. The van der Waals surface area contributed by atoms with Crippen molar-refractivity contribution in [2.45, 2.75) is 32.2 Å². The van der Waals surface area contributed by atoms with E-state index >= 15 is 0 Å². The quantitative estimate of drug-likeness (QED) is 0.488. The number of ether oxygens (including phenoxy) is 1. The summed E-state index contributed by atoms with van der Waals surface area (Å²) in [5.74, 6) is 1.31.